The molecule has 9 heteroatoms. The van der Waals surface area contributed by atoms with E-state index >= 15 is 0 Å². The first-order chi connectivity index (χ1) is 9.97. The lowest BCUT2D eigenvalue weighted by Crippen LogP contribution is -2.18. The van der Waals surface area contributed by atoms with Crippen molar-refractivity contribution in [1.82, 2.24) is 15.5 Å². The maximum atomic E-state index is 12.6. The van der Waals surface area contributed by atoms with Crippen molar-refractivity contribution in [1.29, 1.82) is 0 Å². The van der Waals surface area contributed by atoms with Crippen LogP contribution in [-0.4, -0.2) is 25.2 Å². The Labute approximate surface area is 132 Å². The molecule has 0 bridgehead atoms. The van der Waals surface area contributed by atoms with Gasteiger partial charge in [-0.15, -0.1) is 21.5 Å². The molecule has 2 N–H and O–H groups in total. The lowest BCUT2D eigenvalue weighted by Gasteiger charge is -2.08. The van der Waals surface area contributed by atoms with Gasteiger partial charge in [0.1, 0.15) is 9.90 Å². The number of aromatic nitrogens is 2. The highest BCUT2D eigenvalue weighted by Crippen LogP contribution is 2.29. The number of sulfonamides is 1. The summed E-state index contributed by atoms with van der Waals surface area (Å²) in [5.74, 6) is 0. The van der Waals surface area contributed by atoms with E-state index in [4.69, 9.17) is 0 Å². The maximum absolute atomic E-state index is 12.6. The van der Waals surface area contributed by atoms with Gasteiger partial charge in [0.25, 0.3) is 10.0 Å². The summed E-state index contributed by atoms with van der Waals surface area (Å²) in [4.78, 5) is 1.16. The van der Waals surface area contributed by atoms with Gasteiger partial charge >= 0.3 is 0 Å². The second-order valence-electron chi connectivity index (χ2n) is 4.41. The molecule has 0 aromatic carbocycles. The molecule has 2 heterocycles. The molecule has 2 rings (SSSR count). The highest BCUT2D eigenvalue weighted by atomic mass is 32.2. The Balaban J connectivity index is 2.28. The number of aryl methyl sites for hydroxylation is 2. The second kappa shape index (κ2) is 6.82. The Bertz CT molecular complexity index is 706. The summed E-state index contributed by atoms with van der Waals surface area (Å²) in [6.07, 6.45) is 0.739. The molecule has 2 aromatic rings. The molecule has 2 aromatic heterocycles. The SMILES string of the molecule is CCNCc1scc(C)c1S(=O)(=O)Nc1nnc(CC)s1. The number of hydrogen-bond donors (Lipinski definition) is 2. The van der Waals surface area contributed by atoms with E-state index in [-0.39, 0.29) is 0 Å². The number of thiophene rings is 1. The van der Waals surface area contributed by atoms with Gasteiger partial charge in [-0.1, -0.05) is 25.2 Å². The van der Waals surface area contributed by atoms with E-state index in [0.29, 0.717) is 16.6 Å². The molecule has 0 radical (unpaired) electrons. The summed E-state index contributed by atoms with van der Waals surface area (Å²) in [7, 11) is -3.63. The predicted molar refractivity (Wildman–Crippen MR) is 86.5 cm³/mol. The van der Waals surface area contributed by atoms with Gasteiger partial charge in [-0.3, -0.25) is 4.72 Å². The fourth-order valence-corrected chi connectivity index (χ4v) is 5.50. The molecular formula is C12H18N4O2S3. The summed E-state index contributed by atoms with van der Waals surface area (Å²) in [6, 6.07) is 0. The van der Waals surface area contributed by atoms with Crippen LogP contribution >= 0.6 is 22.7 Å². The van der Waals surface area contributed by atoms with Crippen LogP contribution < -0.4 is 10.0 Å². The second-order valence-corrected chi connectivity index (χ2v) is 8.06. The molecule has 0 atom stereocenters. The van der Waals surface area contributed by atoms with Crippen LogP contribution in [0.5, 0.6) is 0 Å². The van der Waals surface area contributed by atoms with E-state index in [1.165, 1.54) is 22.7 Å². The standard InChI is InChI=1S/C12H18N4O2S3/c1-4-10-14-15-12(20-10)16-21(17,18)11-8(3)7-19-9(11)6-13-5-2/h7,13H,4-6H2,1-3H3,(H,15,16). The Morgan fingerprint density at radius 2 is 2.05 bits per heavy atom. The Morgan fingerprint density at radius 3 is 2.67 bits per heavy atom. The van der Waals surface area contributed by atoms with E-state index in [1.54, 1.807) is 6.92 Å². The number of anilines is 1. The quantitative estimate of drug-likeness (QED) is 0.804. The topological polar surface area (TPSA) is 84.0 Å². The Morgan fingerprint density at radius 1 is 1.29 bits per heavy atom. The molecule has 0 saturated carbocycles. The summed E-state index contributed by atoms with van der Waals surface area (Å²) in [5.41, 5.74) is 0.751. The number of nitrogens with zero attached hydrogens (tertiary/aromatic N) is 2. The van der Waals surface area contributed by atoms with Gasteiger partial charge in [-0.05, 0) is 30.8 Å². The fourth-order valence-electron chi connectivity index (χ4n) is 1.81. The summed E-state index contributed by atoms with van der Waals surface area (Å²) in [6.45, 7) is 7.08. The number of rotatable bonds is 7. The molecule has 0 unspecified atom stereocenters. The van der Waals surface area contributed by atoms with E-state index in [1.807, 2.05) is 19.2 Å². The van der Waals surface area contributed by atoms with Crippen molar-refractivity contribution >= 4 is 37.8 Å². The van der Waals surface area contributed by atoms with Gasteiger partial charge in [0.05, 0.1) is 0 Å². The first-order valence-electron chi connectivity index (χ1n) is 6.60. The molecule has 0 amide bonds. The van der Waals surface area contributed by atoms with Gasteiger partial charge in [-0.2, -0.15) is 0 Å². The molecule has 6 nitrogen and oxygen atoms in total. The fraction of sp³-hybridized carbons (Fsp3) is 0.500. The average Bonchev–Trinajstić information content (AvgIpc) is 3.02. The normalized spacial score (nSPS) is 11.8. The van der Waals surface area contributed by atoms with Crippen LogP contribution in [0.25, 0.3) is 0 Å². The van der Waals surface area contributed by atoms with Crippen LogP contribution in [0.3, 0.4) is 0 Å². The van der Waals surface area contributed by atoms with Gasteiger partial charge in [0, 0.05) is 11.4 Å². The molecule has 0 saturated heterocycles. The minimum absolute atomic E-state index is 0.312. The molecule has 0 spiro atoms. The predicted octanol–water partition coefficient (Wildman–Crippen LogP) is 2.38. The van der Waals surface area contributed by atoms with E-state index in [0.717, 1.165) is 28.4 Å². The molecule has 0 fully saturated rings. The van der Waals surface area contributed by atoms with Crippen molar-refractivity contribution < 1.29 is 8.42 Å². The van der Waals surface area contributed by atoms with Gasteiger partial charge in [-0.25, -0.2) is 8.42 Å². The minimum atomic E-state index is -3.63. The zero-order valence-electron chi connectivity index (χ0n) is 12.1. The van der Waals surface area contributed by atoms with Crippen molar-refractivity contribution in [3.05, 3.63) is 20.8 Å². The van der Waals surface area contributed by atoms with Crippen LogP contribution in [0.1, 0.15) is 29.3 Å². The zero-order chi connectivity index (χ0) is 15.5. The van der Waals surface area contributed by atoms with Crippen molar-refractivity contribution in [3.8, 4) is 0 Å². The maximum Gasteiger partial charge on any atom is 0.265 e. The van der Waals surface area contributed by atoms with Gasteiger partial charge in [0.15, 0.2) is 0 Å². The molecule has 0 aliphatic rings. The lowest BCUT2D eigenvalue weighted by atomic mass is 10.3. The Hall–Kier alpha value is -1.03. The van der Waals surface area contributed by atoms with Crippen LogP contribution in [0.15, 0.2) is 10.3 Å². The lowest BCUT2D eigenvalue weighted by molar-refractivity contribution is 0.598. The van der Waals surface area contributed by atoms with Crippen molar-refractivity contribution in [2.75, 3.05) is 11.3 Å². The monoisotopic (exact) mass is 346 g/mol. The van der Waals surface area contributed by atoms with Crippen molar-refractivity contribution in [2.24, 2.45) is 0 Å². The summed E-state index contributed by atoms with van der Waals surface area (Å²) in [5, 5.41) is 13.9. The number of nitrogens with one attached hydrogen (secondary N) is 2. The molecule has 0 aliphatic heterocycles. The third kappa shape index (κ3) is 3.79. The van der Waals surface area contributed by atoms with E-state index in [2.05, 4.69) is 20.2 Å². The molecule has 116 valence electrons. The number of hydrogen-bond acceptors (Lipinski definition) is 7. The first kappa shape index (κ1) is 16.3. The minimum Gasteiger partial charge on any atom is -0.312 e. The first-order valence-corrected chi connectivity index (χ1v) is 9.78. The van der Waals surface area contributed by atoms with Crippen molar-refractivity contribution in [3.63, 3.8) is 0 Å². The third-order valence-electron chi connectivity index (χ3n) is 2.78. The van der Waals surface area contributed by atoms with Gasteiger partial charge in [0.2, 0.25) is 5.13 Å². The molecule has 0 aliphatic carbocycles. The zero-order valence-corrected chi connectivity index (χ0v) is 14.6. The van der Waals surface area contributed by atoms with Crippen molar-refractivity contribution in [2.45, 2.75) is 38.6 Å². The Kier molecular flexibility index (Phi) is 5.31. The summed E-state index contributed by atoms with van der Waals surface area (Å²) >= 11 is 2.71. The van der Waals surface area contributed by atoms with Crippen LogP contribution in [0.4, 0.5) is 5.13 Å². The highest BCUT2D eigenvalue weighted by molar-refractivity contribution is 7.93. The average molecular weight is 347 g/mol. The summed E-state index contributed by atoms with van der Waals surface area (Å²) < 4.78 is 27.7. The largest absolute Gasteiger partial charge is 0.312 e. The third-order valence-corrected chi connectivity index (χ3v) is 6.70. The molecule has 21 heavy (non-hydrogen) atoms. The smallest absolute Gasteiger partial charge is 0.265 e. The van der Waals surface area contributed by atoms with Gasteiger partial charge < -0.3 is 5.32 Å². The van der Waals surface area contributed by atoms with E-state index < -0.39 is 10.0 Å². The van der Waals surface area contributed by atoms with E-state index in [9.17, 15) is 8.42 Å². The van der Waals surface area contributed by atoms with Crippen LogP contribution in [0, 0.1) is 6.92 Å². The molecular weight excluding hydrogens is 328 g/mol. The van der Waals surface area contributed by atoms with Crippen LogP contribution in [-0.2, 0) is 23.0 Å². The van der Waals surface area contributed by atoms with Crippen LogP contribution in [0.2, 0.25) is 0 Å². The highest BCUT2D eigenvalue weighted by Gasteiger charge is 2.24.